The average molecular weight is 179 g/mol. The van der Waals surface area contributed by atoms with Crippen molar-refractivity contribution in [3.05, 3.63) is 36.5 Å². The molecule has 0 fully saturated rings. The highest BCUT2D eigenvalue weighted by molar-refractivity contribution is 5.10. The van der Waals surface area contributed by atoms with Crippen molar-refractivity contribution in [3.8, 4) is 0 Å². The summed E-state index contributed by atoms with van der Waals surface area (Å²) < 4.78 is 0. The summed E-state index contributed by atoms with van der Waals surface area (Å²) in [6.45, 7) is 4.13. The zero-order valence-corrected chi connectivity index (χ0v) is 8.74. The van der Waals surface area contributed by atoms with Gasteiger partial charge in [-0.1, -0.05) is 43.4 Å². The second kappa shape index (κ2) is 9.27. The first-order chi connectivity index (χ1) is 6.31. The van der Waals surface area contributed by atoms with Gasteiger partial charge in [0, 0.05) is 6.04 Å². The summed E-state index contributed by atoms with van der Waals surface area (Å²) in [6.07, 6.45) is 15.6. The molecule has 0 aromatic heterocycles. The summed E-state index contributed by atoms with van der Waals surface area (Å²) in [7, 11) is 0. The molecule has 0 aliphatic heterocycles. The van der Waals surface area contributed by atoms with E-state index in [1.807, 2.05) is 31.2 Å². The monoisotopic (exact) mass is 179 g/mol. The van der Waals surface area contributed by atoms with Crippen LogP contribution in [0.25, 0.3) is 0 Å². The molecule has 0 aromatic carbocycles. The molecule has 1 heteroatoms. The van der Waals surface area contributed by atoms with Gasteiger partial charge in [0.15, 0.2) is 0 Å². The molecule has 0 saturated heterocycles. The number of allylic oxidation sites excluding steroid dienone is 6. The van der Waals surface area contributed by atoms with Gasteiger partial charge in [-0.2, -0.15) is 0 Å². The van der Waals surface area contributed by atoms with Crippen LogP contribution in [-0.4, -0.2) is 6.04 Å². The van der Waals surface area contributed by atoms with E-state index in [1.165, 1.54) is 0 Å². The van der Waals surface area contributed by atoms with Gasteiger partial charge in [0.1, 0.15) is 0 Å². The first-order valence-electron chi connectivity index (χ1n) is 5.01. The van der Waals surface area contributed by atoms with Crippen LogP contribution < -0.4 is 5.73 Å². The fourth-order valence-corrected chi connectivity index (χ4v) is 0.929. The molecule has 1 atom stereocenters. The van der Waals surface area contributed by atoms with Crippen LogP contribution in [0.5, 0.6) is 0 Å². The van der Waals surface area contributed by atoms with Crippen molar-refractivity contribution in [2.45, 2.75) is 39.2 Å². The van der Waals surface area contributed by atoms with Crippen molar-refractivity contribution in [2.75, 3.05) is 0 Å². The van der Waals surface area contributed by atoms with Gasteiger partial charge in [-0.3, -0.25) is 0 Å². The van der Waals surface area contributed by atoms with Gasteiger partial charge >= 0.3 is 0 Å². The maximum atomic E-state index is 5.77. The third-order valence-electron chi connectivity index (χ3n) is 1.89. The maximum Gasteiger partial charge on any atom is 0.00391 e. The first kappa shape index (κ1) is 12.2. The Morgan fingerprint density at radius 3 is 2.46 bits per heavy atom. The lowest BCUT2D eigenvalue weighted by Gasteiger charge is -2.04. The molecule has 13 heavy (non-hydrogen) atoms. The molecule has 0 spiro atoms. The number of rotatable bonds is 6. The van der Waals surface area contributed by atoms with E-state index in [0.717, 1.165) is 19.3 Å². The Labute approximate surface area is 82.0 Å². The highest BCUT2D eigenvalue weighted by atomic mass is 14.6. The smallest absolute Gasteiger partial charge is 0.00391 e. The molecule has 74 valence electrons. The Bertz CT molecular complexity index is 178. The standard InChI is InChI=1S/C12H21N/c1-3-5-6-7-8-9-10-11-12(13)4-2/h3,5-9,12H,4,10-11,13H2,1-2H3/b5-3+,7-6+,9-8+. The molecule has 0 aliphatic rings. The maximum absolute atomic E-state index is 5.77. The predicted molar refractivity (Wildman–Crippen MR) is 60.6 cm³/mol. The van der Waals surface area contributed by atoms with Crippen LogP contribution in [0.1, 0.15) is 33.1 Å². The minimum Gasteiger partial charge on any atom is -0.328 e. The first-order valence-corrected chi connectivity index (χ1v) is 5.01. The summed E-state index contributed by atoms with van der Waals surface area (Å²) in [4.78, 5) is 0. The van der Waals surface area contributed by atoms with Crippen molar-refractivity contribution < 1.29 is 0 Å². The van der Waals surface area contributed by atoms with E-state index in [2.05, 4.69) is 19.1 Å². The molecular formula is C12H21N. The normalized spacial score (nSPS) is 15.0. The third kappa shape index (κ3) is 9.09. The zero-order chi connectivity index (χ0) is 9.94. The minimum atomic E-state index is 0.365. The Morgan fingerprint density at radius 2 is 1.85 bits per heavy atom. The fourth-order valence-electron chi connectivity index (χ4n) is 0.929. The van der Waals surface area contributed by atoms with Gasteiger partial charge in [-0.15, -0.1) is 0 Å². The fraction of sp³-hybridized carbons (Fsp3) is 0.500. The molecule has 1 nitrogen and oxygen atoms in total. The summed E-state index contributed by atoms with van der Waals surface area (Å²) in [5.74, 6) is 0. The van der Waals surface area contributed by atoms with Crippen molar-refractivity contribution >= 4 is 0 Å². The van der Waals surface area contributed by atoms with E-state index in [-0.39, 0.29) is 0 Å². The Kier molecular flexibility index (Phi) is 8.68. The molecule has 0 radical (unpaired) electrons. The van der Waals surface area contributed by atoms with Crippen LogP contribution in [-0.2, 0) is 0 Å². The van der Waals surface area contributed by atoms with E-state index in [9.17, 15) is 0 Å². The topological polar surface area (TPSA) is 26.0 Å². The molecule has 1 unspecified atom stereocenters. The molecule has 0 rings (SSSR count). The number of hydrogen-bond acceptors (Lipinski definition) is 1. The molecule has 0 bridgehead atoms. The van der Waals surface area contributed by atoms with Crippen LogP contribution in [0, 0.1) is 0 Å². The van der Waals surface area contributed by atoms with Gasteiger partial charge in [0.25, 0.3) is 0 Å². The third-order valence-corrected chi connectivity index (χ3v) is 1.89. The summed E-state index contributed by atoms with van der Waals surface area (Å²) in [6, 6.07) is 0.365. The lowest BCUT2D eigenvalue weighted by Crippen LogP contribution is -2.17. The van der Waals surface area contributed by atoms with Crippen molar-refractivity contribution in [1.82, 2.24) is 0 Å². The van der Waals surface area contributed by atoms with Crippen LogP contribution in [0.4, 0.5) is 0 Å². The van der Waals surface area contributed by atoms with E-state index >= 15 is 0 Å². The largest absolute Gasteiger partial charge is 0.328 e. The van der Waals surface area contributed by atoms with Crippen LogP contribution in [0.3, 0.4) is 0 Å². The van der Waals surface area contributed by atoms with Crippen LogP contribution >= 0.6 is 0 Å². The Hall–Kier alpha value is -0.820. The Balaban J connectivity index is 3.41. The molecule has 0 saturated carbocycles. The second-order valence-electron chi connectivity index (χ2n) is 3.08. The lowest BCUT2D eigenvalue weighted by atomic mass is 10.1. The number of nitrogens with two attached hydrogens (primary N) is 1. The molecule has 0 amide bonds. The van der Waals surface area contributed by atoms with Gasteiger partial charge in [0.2, 0.25) is 0 Å². The second-order valence-corrected chi connectivity index (χ2v) is 3.08. The molecule has 0 heterocycles. The SMILES string of the molecule is C/C=C/C=C/C=C/CCC(N)CC. The summed E-state index contributed by atoms with van der Waals surface area (Å²) in [5, 5.41) is 0. The van der Waals surface area contributed by atoms with Gasteiger partial charge in [-0.05, 0) is 26.2 Å². The van der Waals surface area contributed by atoms with Crippen molar-refractivity contribution in [2.24, 2.45) is 5.73 Å². The van der Waals surface area contributed by atoms with Gasteiger partial charge < -0.3 is 5.73 Å². The lowest BCUT2D eigenvalue weighted by molar-refractivity contribution is 0.602. The average Bonchev–Trinajstić information content (AvgIpc) is 2.16. The number of hydrogen-bond donors (Lipinski definition) is 1. The van der Waals surface area contributed by atoms with Crippen LogP contribution in [0.2, 0.25) is 0 Å². The Morgan fingerprint density at radius 1 is 1.15 bits per heavy atom. The quantitative estimate of drug-likeness (QED) is 0.623. The molecule has 2 N–H and O–H groups in total. The van der Waals surface area contributed by atoms with Gasteiger partial charge in [0.05, 0.1) is 0 Å². The molecule has 0 aromatic rings. The van der Waals surface area contributed by atoms with Gasteiger partial charge in [-0.25, -0.2) is 0 Å². The van der Waals surface area contributed by atoms with Crippen LogP contribution in [0.15, 0.2) is 36.5 Å². The molecule has 0 aliphatic carbocycles. The van der Waals surface area contributed by atoms with E-state index in [4.69, 9.17) is 5.73 Å². The van der Waals surface area contributed by atoms with E-state index < -0.39 is 0 Å². The van der Waals surface area contributed by atoms with Crippen molar-refractivity contribution in [1.29, 1.82) is 0 Å². The highest BCUT2D eigenvalue weighted by Gasteiger charge is 1.94. The summed E-state index contributed by atoms with van der Waals surface area (Å²) >= 11 is 0. The molecular weight excluding hydrogens is 158 g/mol. The van der Waals surface area contributed by atoms with Crippen molar-refractivity contribution in [3.63, 3.8) is 0 Å². The van der Waals surface area contributed by atoms with E-state index in [1.54, 1.807) is 0 Å². The van der Waals surface area contributed by atoms with E-state index in [0.29, 0.717) is 6.04 Å². The highest BCUT2D eigenvalue weighted by Crippen LogP contribution is 1.99. The predicted octanol–water partition coefficient (Wildman–Crippen LogP) is 3.19. The summed E-state index contributed by atoms with van der Waals surface area (Å²) in [5.41, 5.74) is 5.77. The zero-order valence-electron chi connectivity index (χ0n) is 8.74. The minimum absolute atomic E-state index is 0.365.